The van der Waals surface area contributed by atoms with Gasteiger partial charge in [0.15, 0.2) is 0 Å². The first-order valence-electron chi connectivity index (χ1n) is 12.1. The predicted molar refractivity (Wildman–Crippen MR) is 151 cm³/mol. The molecule has 0 bridgehead atoms. The minimum absolute atomic E-state index is 0.104. The number of nitrogens with zero attached hydrogens (tertiary/aromatic N) is 3. The molecule has 0 aliphatic heterocycles. The van der Waals surface area contributed by atoms with Gasteiger partial charge in [-0.15, -0.1) is 0 Å². The van der Waals surface area contributed by atoms with Crippen molar-refractivity contribution >= 4 is 56.4 Å². The fraction of sp³-hybridized carbons (Fsp3) is 0.0690. The third-order valence-corrected chi connectivity index (χ3v) is 6.48. The molecule has 0 spiro atoms. The lowest BCUT2D eigenvalue weighted by Crippen LogP contribution is -2.13. The number of pyridine rings is 1. The van der Waals surface area contributed by atoms with Crippen LogP contribution in [-0.2, 0) is 0 Å². The van der Waals surface area contributed by atoms with Crippen molar-refractivity contribution in [3.05, 3.63) is 121 Å². The van der Waals surface area contributed by atoms with Gasteiger partial charge in [-0.2, -0.15) is 0 Å². The average molecular weight is 536 g/mol. The third-order valence-electron chi connectivity index (χ3n) is 6.48. The number of nitro groups is 2. The third kappa shape index (κ3) is 5.16. The monoisotopic (exact) mass is 535 g/mol. The van der Waals surface area contributed by atoms with Crippen LogP contribution in [0.2, 0.25) is 0 Å². The van der Waals surface area contributed by atoms with Crippen molar-refractivity contribution in [1.29, 1.82) is 0 Å². The molecule has 0 fully saturated rings. The number of carbonyl (C=O) groups excluding carboxylic acids is 2. The minimum Gasteiger partial charge on any atom is -0.322 e. The molecule has 1 heterocycles. The fourth-order valence-corrected chi connectivity index (χ4v) is 4.29. The van der Waals surface area contributed by atoms with Crippen LogP contribution in [0.4, 0.5) is 22.7 Å². The van der Waals surface area contributed by atoms with Gasteiger partial charge in [-0.05, 0) is 79.6 Å². The Kier molecular flexibility index (Phi) is 6.62. The van der Waals surface area contributed by atoms with Gasteiger partial charge in [0.25, 0.3) is 23.2 Å². The van der Waals surface area contributed by atoms with Crippen LogP contribution < -0.4 is 10.6 Å². The van der Waals surface area contributed by atoms with Crippen LogP contribution in [-0.4, -0.2) is 26.6 Å². The molecule has 40 heavy (non-hydrogen) atoms. The van der Waals surface area contributed by atoms with E-state index in [0.717, 1.165) is 21.9 Å². The van der Waals surface area contributed by atoms with Gasteiger partial charge in [-0.1, -0.05) is 0 Å². The first-order chi connectivity index (χ1) is 19.1. The normalized spacial score (nSPS) is 10.8. The summed E-state index contributed by atoms with van der Waals surface area (Å²) in [5.41, 5.74) is 4.30. The van der Waals surface area contributed by atoms with Crippen molar-refractivity contribution in [1.82, 2.24) is 4.98 Å². The van der Waals surface area contributed by atoms with Crippen molar-refractivity contribution in [3.8, 4) is 0 Å². The molecule has 2 N–H and O–H groups in total. The van der Waals surface area contributed by atoms with Crippen LogP contribution in [0.25, 0.3) is 21.8 Å². The molecular formula is C29H21N5O6. The highest BCUT2D eigenvalue weighted by Gasteiger charge is 2.14. The summed E-state index contributed by atoms with van der Waals surface area (Å²) in [6.45, 7) is 3.72. The number of benzene rings is 4. The number of rotatable bonds is 6. The summed E-state index contributed by atoms with van der Waals surface area (Å²) in [6.07, 6.45) is 0. The molecule has 0 unspecified atom stereocenters. The SMILES string of the molecule is Cc1cc2cc3cc(C)c(NC(=O)c4ccc([N+](=O)[O-])cc4)cc3nc2cc1NC(=O)c1ccc([N+](=O)[O-])cc1. The molecule has 4 aromatic carbocycles. The van der Waals surface area contributed by atoms with Crippen LogP contribution in [0.5, 0.6) is 0 Å². The van der Waals surface area contributed by atoms with E-state index in [1.54, 1.807) is 12.1 Å². The molecule has 0 aliphatic rings. The highest BCUT2D eigenvalue weighted by atomic mass is 16.6. The zero-order chi connectivity index (χ0) is 28.6. The first-order valence-corrected chi connectivity index (χ1v) is 12.1. The van der Waals surface area contributed by atoms with Crippen molar-refractivity contribution in [2.75, 3.05) is 10.6 Å². The number of nitrogens with one attached hydrogen (secondary N) is 2. The van der Waals surface area contributed by atoms with Crippen molar-refractivity contribution in [2.24, 2.45) is 0 Å². The highest BCUT2D eigenvalue weighted by molar-refractivity contribution is 6.07. The second kappa shape index (κ2) is 10.2. The largest absolute Gasteiger partial charge is 0.322 e. The molecule has 0 saturated heterocycles. The maximum absolute atomic E-state index is 12.8. The number of aryl methyl sites for hydroxylation is 2. The van der Waals surface area contributed by atoms with E-state index in [4.69, 9.17) is 4.98 Å². The molecule has 2 amide bonds. The number of amides is 2. The van der Waals surface area contributed by atoms with E-state index >= 15 is 0 Å². The van der Waals surface area contributed by atoms with E-state index < -0.39 is 21.7 Å². The van der Waals surface area contributed by atoms with Gasteiger partial charge in [0.05, 0.1) is 20.9 Å². The number of fused-ring (bicyclic) bond motifs is 2. The van der Waals surface area contributed by atoms with E-state index in [2.05, 4.69) is 10.6 Å². The van der Waals surface area contributed by atoms with Crippen LogP contribution >= 0.6 is 0 Å². The molecule has 1 aromatic heterocycles. The Morgan fingerprint density at radius 2 is 1.00 bits per heavy atom. The summed E-state index contributed by atoms with van der Waals surface area (Å²) in [7, 11) is 0. The van der Waals surface area contributed by atoms with Crippen LogP contribution in [0.3, 0.4) is 0 Å². The quantitative estimate of drug-likeness (QED) is 0.146. The molecule has 0 aliphatic carbocycles. The van der Waals surface area contributed by atoms with E-state index in [1.165, 1.54) is 48.5 Å². The maximum atomic E-state index is 12.8. The summed E-state index contributed by atoms with van der Waals surface area (Å²) in [4.78, 5) is 51.0. The molecule has 11 heteroatoms. The van der Waals surface area contributed by atoms with Gasteiger partial charge in [-0.25, -0.2) is 4.98 Å². The second-order valence-corrected chi connectivity index (χ2v) is 9.22. The molecule has 0 saturated carbocycles. The van der Waals surface area contributed by atoms with E-state index in [9.17, 15) is 29.8 Å². The van der Waals surface area contributed by atoms with Gasteiger partial charge in [0.1, 0.15) is 0 Å². The lowest BCUT2D eigenvalue weighted by atomic mass is 10.0. The Morgan fingerprint density at radius 3 is 1.35 bits per heavy atom. The van der Waals surface area contributed by atoms with Gasteiger partial charge in [0.2, 0.25) is 0 Å². The van der Waals surface area contributed by atoms with Crippen LogP contribution in [0, 0.1) is 34.1 Å². The lowest BCUT2D eigenvalue weighted by Gasteiger charge is -2.13. The van der Waals surface area contributed by atoms with Crippen molar-refractivity contribution < 1.29 is 19.4 Å². The Morgan fingerprint density at radius 1 is 0.625 bits per heavy atom. The van der Waals surface area contributed by atoms with E-state index in [0.29, 0.717) is 22.4 Å². The van der Waals surface area contributed by atoms with Gasteiger partial charge < -0.3 is 10.6 Å². The smallest absolute Gasteiger partial charge is 0.269 e. The van der Waals surface area contributed by atoms with Gasteiger partial charge in [0, 0.05) is 57.5 Å². The van der Waals surface area contributed by atoms with E-state index in [-0.39, 0.29) is 22.5 Å². The standard InChI is InChI=1S/C29H21N5O6/c1-16-11-20-13-21-12-17(2)25(32-29(36)19-5-9-23(10-6-19)34(39)40)15-27(21)30-26(20)14-24(16)31-28(35)18-3-7-22(8-4-18)33(37)38/h3-15H,1-2H3,(H,31,35)(H,32,36). The maximum Gasteiger partial charge on any atom is 0.269 e. The zero-order valence-electron chi connectivity index (χ0n) is 21.3. The summed E-state index contributed by atoms with van der Waals surface area (Å²) in [5, 5.41) is 29.2. The summed E-state index contributed by atoms with van der Waals surface area (Å²) >= 11 is 0. The number of hydrogen-bond acceptors (Lipinski definition) is 7. The Balaban J connectivity index is 1.43. The Bertz CT molecular complexity index is 1720. The molecule has 5 rings (SSSR count). The number of non-ortho nitro benzene ring substituents is 2. The minimum atomic E-state index is -0.529. The summed E-state index contributed by atoms with van der Waals surface area (Å²) < 4.78 is 0. The molecular weight excluding hydrogens is 514 g/mol. The number of nitro benzene ring substituents is 2. The Labute approximate surface area is 226 Å². The fourth-order valence-electron chi connectivity index (χ4n) is 4.29. The first kappa shape index (κ1) is 25.9. The number of anilines is 2. The van der Waals surface area contributed by atoms with Crippen molar-refractivity contribution in [2.45, 2.75) is 13.8 Å². The molecule has 11 nitrogen and oxygen atoms in total. The van der Waals surface area contributed by atoms with Crippen LogP contribution in [0.15, 0.2) is 78.9 Å². The zero-order valence-corrected chi connectivity index (χ0v) is 21.3. The topological polar surface area (TPSA) is 157 Å². The molecule has 198 valence electrons. The summed E-state index contributed by atoms with van der Waals surface area (Å²) in [5.74, 6) is -0.824. The number of aromatic nitrogens is 1. The summed E-state index contributed by atoms with van der Waals surface area (Å²) in [6, 6.07) is 20.0. The predicted octanol–water partition coefficient (Wildman–Crippen LogP) is 6.33. The molecule has 5 aromatic rings. The van der Waals surface area contributed by atoms with E-state index in [1.807, 2.05) is 32.0 Å². The number of hydrogen-bond donors (Lipinski definition) is 2. The van der Waals surface area contributed by atoms with Crippen molar-refractivity contribution in [3.63, 3.8) is 0 Å². The van der Waals surface area contributed by atoms with Crippen LogP contribution in [0.1, 0.15) is 31.8 Å². The number of carbonyl (C=O) groups is 2. The molecule has 0 radical (unpaired) electrons. The molecule has 0 atom stereocenters. The lowest BCUT2D eigenvalue weighted by molar-refractivity contribution is -0.385. The second-order valence-electron chi connectivity index (χ2n) is 9.22. The van der Waals surface area contributed by atoms with Gasteiger partial charge in [-0.3, -0.25) is 29.8 Å². The highest BCUT2D eigenvalue weighted by Crippen LogP contribution is 2.29. The Hall–Kier alpha value is -5.71. The average Bonchev–Trinajstić information content (AvgIpc) is 2.93. The van der Waals surface area contributed by atoms with Gasteiger partial charge >= 0.3 is 0 Å².